The van der Waals surface area contributed by atoms with Crippen LogP contribution in [0.15, 0.2) is 24.3 Å². The van der Waals surface area contributed by atoms with Crippen LogP contribution < -0.4 is 5.73 Å². The molecule has 0 bridgehead atoms. The summed E-state index contributed by atoms with van der Waals surface area (Å²) in [5.41, 5.74) is 6.41. The molecule has 1 nitrogen and oxygen atoms in total. The topological polar surface area (TPSA) is 26.0 Å². The van der Waals surface area contributed by atoms with Crippen molar-refractivity contribution in [2.75, 3.05) is 0 Å². The van der Waals surface area contributed by atoms with Gasteiger partial charge in [0.15, 0.2) is 0 Å². The van der Waals surface area contributed by atoms with E-state index >= 15 is 0 Å². The summed E-state index contributed by atoms with van der Waals surface area (Å²) in [5, 5.41) is 0. The summed E-state index contributed by atoms with van der Waals surface area (Å²) in [6.07, 6.45) is 0.524. The molecule has 1 aliphatic carbocycles. The predicted octanol–water partition coefficient (Wildman–Crippen LogP) is 4.16. The monoisotopic (exact) mass is 271 g/mol. The van der Waals surface area contributed by atoms with E-state index in [2.05, 4.69) is 6.92 Å². The van der Waals surface area contributed by atoms with Crippen molar-refractivity contribution >= 4 is 0 Å². The minimum atomic E-state index is -4.26. The molecule has 106 valence electrons. The molecule has 4 heteroatoms. The molecule has 0 heterocycles. The summed E-state index contributed by atoms with van der Waals surface area (Å²) in [5.74, 6) is 0.712. The molecule has 1 saturated carbocycles. The molecule has 0 amide bonds. The zero-order chi connectivity index (χ0) is 14.1. The normalized spacial score (nSPS) is 28.4. The molecule has 0 atom stereocenters. The summed E-state index contributed by atoms with van der Waals surface area (Å²) >= 11 is 0. The maximum absolute atomic E-state index is 12.5. The van der Waals surface area contributed by atoms with Crippen LogP contribution in [0.5, 0.6) is 0 Å². The van der Waals surface area contributed by atoms with Gasteiger partial charge in [-0.25, -0.2) is 0 Å². The van der Waals surface area contributed by atoms with Crippen molar-refractivity contribution in [2.24, 2.45) is 11.7 Å². The summed E-state index contributed by atoms with van der Waals surface area (Å²) < 4.78 is 37.4. The summed E-state index contributed by atoms with van der Waals surface area (Å²) in [6, 6.07) is 5.39. The van der Waals surface area contributed by atoms with Crippen molar-refractivity contribution in [3.63, 3.8) is 0 Å². The first-order chi connectivity index (χ1) is 8.78. The zero-order valence-electron chi connectivity index (χ0n) is 11.1. The number of benzene rings is 1. The van der Waals surface area contributed by atoms with Crippen LogP contribution in [0.1, 0.15) is 43.7 Å². The predicted molar refractivity (Wildman–Crippen MR) is 69.7 cm³/mol. The Morgan fingerprint density at radius 3 is 2.16 bits per heavy atom. The molecule has 2 rings (SSSR count). The third kappa shape index (κ3) is 3.72. The molecular formula is C15H20F3N. The van der Waals surface area contributed by atoms with Gasteiger partial charge in [0.25, 0.3) is 0 Å². The van der Waals surface area contributed by atoms with E-state index in [0.717, 1.165) is 43.4 Å². The van der Waals surface area contributed by atoms with E-state index in [0.29, 0.717) is 12.3 Å². The highest BCUT2D eigenvalue weighted by Gasteiger charge is 2.32. The second kappa shape index (κ2) is 5.16. The Kier molecular flexibility index (Phi) is 3.90. The van der Waals surface area contributed by atoms with Gasteiger partial charge in [0.1, 0.15) is 0 Å². The first kappa shape index (κ1) is 14.4. The molecule has 19 heavy (non-hydrogen) atoms. The third-order valence-corrected chi connectivity index (χ3v) is 4.11. The van der Waals surface area contributed by atoms with Gasteiger partial charge in [0, 0.05) is 5.54 Å². The highest BCUT2D eigenvalue weighted by molar-refractivity contribution is 5.26. The number of hydrogen-bond donors (Lipinski definition) is 1. The molecule has 0 saturated heterocycles. The van der Waals surface area contributed by atoms with E-state index in [1.807, 2.05) is 0 Å². The number of hydrogen-bond acceptors (Lipinski definition) is 1. The van der Waals surface area contributed by atoms with Crippen molar-refractivity contribution in [1.82, 2.24) is 0 Å². The second-order valence-electron chi connectivity index (χ2n) is 5.92. The van der Waals surface area contributed by atoms with E-state index < -0.39 is 11.7 Å². The summed E-state index contributed by atoms with van der Waals surface area (Å²) in [6.45, 7) is 2.22. The van der Waals surface area contributed by atoms with E-state index in [1.165, 1.54) is 0 Å². The van der Waals surface area contributed by atoms with E-state index in [1.54, 1.807) is 12.1 Å². The van der Waals surface area contributed by atoms with Crippen LogP contribution in [0.3, 0.4) is 0 Å². The highest BCUT2D eigenvalue weighted by atomic mass is 19.4. The van der Waals surface area contributed by atoms with Crippen LogP contribution in [-0.2, 0) is 12.6 Å². The molecule has 1 fully saturated rings. The average Bonchev–Trinajstić information content (AvgIpc) is 2.33. The third-order valence-electron chi connectivity index (χ3n) is 4.11. The molecule has 0 aliphatic heterocycles. The Bertz CT molecular complexity index is 414. The van der Waals surface area contributed by atoms with Gasteiger partial charge in [-0.3, -0.25) is 0 Å². The zero-order valence-corrected chi connectivity index (χ0v) is 11.1. The van der Waals surface area contributed by atoms with E-state index in [-0.39, 0.29) is 5.54 Å². The van der Waals surface area contributed by atoms with Crippen LogP contribution in [0.2, 0.25) is 0 Å². The molecule has 0 spiro atoms. The molecular weight excluding hydrogens is 251 g/mol. The average molecular weight is 271 g/mol. The number of halogens is 3. The highest BCUT2D eigenvalue weighted by Crippen LogP contribution is 2.33. The Morgan fingerprint density at radius 1 is 1.16 bits per heavy atom. The van der Waals surface area contributed by atoms with E-state index in [4.69, 9.17) is 5.73 Å². The van der Waals surface area contributed by atoms with Crippen LogP contribution >= 0.6 is 0 Å². The lowest BCUT2D eigenvalue weighted by atomic mass is 9.74. The lowest BCUT2D eigenvalue weighted by molar-refractivity contribution is -0.137. The first-order valence-electron chi connectivity index (χ1n) is 6.74. The smallest absolute Gasteiger partial charge is 0.325 e. The van der Waals surface area contributed by atoms with E-state index in [9.17, 15) is 13.2 Å². The molecule has 1 aromatic carbocycles. The van der Waals surface area contributed by atoms with Gasteiger partial charge in [-0.2, -0.15) is 13.2 Å². The number of alkyl halides is 3. The van der Waals surface area contributed by atoms with Gasteiger partial charge in [-0.05, 0) is 55.7 Å². The van der Waals surface area contributed by atoms with Crippen LogP contribution in [-0.4, -0.2) is 5.54 Å². The largest absolute Gasteiger partial charge is 0.416 e. The van der Waals surface area contributed by atoms with Crippen molar-refractivity contribution in [3.8, 4) is 0 Å². The molecule has 0 radical (unpaired) electrons. The standard InChI is InChI=1S/C15H20F3N/c1-11-6-8-14(19,9-7-11)10-12-2-4-13(5-3-12)15(16,17)18/h2-5,11H,6-10,19H2,1H3. The second-order valence-corrected chi connectivity index (χ2v) is 5.92. The lowest BCUT2D eigenvalue weighted by Crippen LogP contribution is -2.45. The van der Waals surface area contributed by atoms with Gasteiger partial charge in [0.2, 0.25) is 0 Å². The first-order valence-corrected chi connectivity index (χ1v) is 6.74. The van der Waals surface area contributed by atoms with Gasteiger partial charge >= 0.3 is 6.18 Å². The fourth-order valence-corrected chi connectivity index (χ4v) is 2.73. The Labute approximate surface area is 112 Å². The van der Waals surface area contributed by atoms with Gasteiger partial charge in [-0.1, -0.05) is 19.1 Å². The molecule has 0 aromatic heterocycles. The van der Waals surface area contributed by atoms with Crippen LogP contribution in [0, 0.1) is 5.92 Å². The number of rotatable bonds is 2. The Hall–Kier alpha value is -1.03. The number of nitrogens with two attached hydrogens (primary N) is 1. The van der Waals surface area contributed by atoms with Gasteiger partial charge in [0.05, 0.1) is 5.56 Å². The van der Waals surface area contributed by atoms with Crippen molar-refractivity contribution in [1.29, 1.82) is 0 Å². The Morgan fingerprint density at radius 2 is 1.68 bits per heavy atom. The minimum absolute atomic E-state index is 0.244. The summed E-state index contributed by atoms with van der Waals surface area (Å²) in [7, 11) is 0. The summed E-state index contributed by atoms with van der Waals surface area (Å²) in [4.78, 5) is 0. The van der Waals surface area contributed by atoms with Crippen molar-refractivity contribution < 1.29 is 13.2 Å². The fourth-order valence-electron chi connectivity index (χ4n) is 2.73. The quantitative estimate of drug-likeness (QED) is 0.859. The molecule has 0 unspecified atom stereocenters. The maximum atomic E-state index is 12.5. The van der Waals surface area contributed by atoms with Crippen LogP contribution in [0.4, 0.5) is 13.2 Å². The van der Waals surface area contributed by atoms with Crippen molar-refractivity contribution in [3.05, 3.63) is 35.4 Å². The molecule has 1 aromatic rings. The fraction of sp³-hybridized carbons (Fsp3) is 0.600. The SMILES string of the molecule is CC1CCC(N)(Cc2ccc(C(F)(F)F)cc2)CC1. The van der Waals surface area contributed by atoms with Gasteiger partial charge < -0.3 is 5.73 Å². The molecule has 2 N–H and O–H groups in total. The minimum Gasteiger partial charge on any atom is -0.325 e. The lowest BCUT2D eigenvalue weighted by Gasteiger charge is -2.36. The van der Waals surface area contributed by atoms with Gasteiger partial charge in [-0.15, -0.1) is 0 Å². The maximum Gasteiger partial charge on any atom is 0.416 e. The van der Waals surface area contributed by atoms with Crippen molar-refractivity contribution in [2.45, 2.75) is 50.7 Å². The van der Waals surface area contributed by atoms with Crippen LogP contribution in [0.25, 0.3) is 0 Å². The Balaban J connectivity index is 2.03. The molecule has 1 aliphatic rings.